The first kappa shape index (κ1) is 19.9. The Hall–Kier alpha value is -2.41. The minimum Gasteiger partial charge on any atom is -0.394 e. The van der Waals surface area contributed by atoms with Crippen LogP contribution < -0.4 is 0 Å². The number of aliphatic hydroxyl groups is 2. The molecule has 0 aliphatic rings. The average molecular weight is 357 g/mol. The van der Waals surface area contributed by atoms with Gasteiger partial charge in [-0.15, -0.1) is 0 Å². The highest BCUT2D eigenvalue weighted by Gasteiger charge is 2.32. The van der Waals surface area contributed by atoms with Crippen molar-refractivity contribution in [2.75, 3.05) is 6.61 Å². The monoisotopic (exact) mass is 357 g/mol. The summed E-state index contributed by atoms with van der Waals surface area (Å²) in [6, 6.07) is 18.9. The average Bonchev–Trinajstić information content (AvgIpc) is 2.70. The number of hydrogen-bond acceptors (Lipinski definition) is 5. The lowest BCUT2D eigenvalue weighted by molar-refractivity contribution is -0.252. The first-order valence-corrected chi connectivity index (χ1v) is 8.38. The molecule has 0 radical (unpaired) electrons. The Balaban J connectivity index is 2.13. The molecule has 0 heterocycles. The second-order valence-electron chi connectivity index (χ2n) is 5.83. The smallest absolute Gasteiger partial charge is 0.250 e. The highest BCUT2D eigenvalue weighted by Crippen LogP contribution is 2.27. The number of benzene rings is 2. The quantitative estimate of drug-likeness (QED) is 0.278. The lowest BCUT2D eigenvalue weighted by Gasteiger charge is -2.30. The van der Waals surface area contributed by atoms with Gasteiger partial charge in [0.2, 0.25) is 5.91 Å². The molecular formula is C19H23N3O4. The molecule has 7 nitrogen and oxygen atoms in total. The van der Waals surface area contributed by atoms with Gasteiger partial charge in [-0.3, -0.25) is 0 Å². The zero-order valence-corrected chi connectivity index (χ0v) is 14.4. The van der Waals surface area contributed by atoms with Crippen molar-refractivity contribution in [1.29, 1.82) is 0 Å². The van der Waals surface area contributed by atoms with Crippen LogP contribution in [0.3, 0.4) is 0 Å². The third kappa shape index (κ3) is 6.48. The van der Waals surface area contributed by atoms with E-state index in [0.717, 1.165) is 11.1 Å². The van der Waals surface area contributed by atoms with E-state index in [1.54, 1.807) is 0 Å². The van der Waals surface area contributed by atoms with Gasteiger partial charge in [0.25, 0.3) is 0 Å². The Morgan fingerprint density at radius 3 is 1.88 bits per heavy atom. The zero-order valence-electron chi connectivity index (χ0n) is 14.4. The minimum atomic E-state index is -1.57. The lowest BCUT2D eigenvalue weighted by atomic mass is 10.1. The standard InChI is InChI=1S/C19H23N3O4/c20-22-21-19(12-11-18(24)13-23,25-14-16-7-3-1-4-8-16)26-15-17-9-5-2-6-10-17/h1-10,18,23-24H,11-15H2. The van der Waals surface area contributed by atoms with Gasteiger partial charge in [-0.1, -0.05) is 60.7 Å². The number of hydrogen-bond donors (Lipinski definition) is 2. The Kier molecular flexibility index (Phi) is 8.08. The summed E-state index contributed by atoms with van der Waals surface area (Å²) >= 11 is 0. The van der Waals surface area contributed by atoms with Crippen LogP contribution in [0.5, 0.6) is 0 Å². The fraction of sp³-hybridized carbons (Fsp3) is 0.368. The van der Waals surface area contributed by atoms with Crippen LogP contribution in [0.2, 0.25) is 0 Å². The SMILES string of the molecule is [N-]=[N+]=NC(CCC(O)CO)(OCc1ccccc1)OCc1ccccc1. The third-order valence-electron chi connectivity index (χ3n) is 3.82. The van der Waals surface area contributed by atoms with Crippen LogP contribution in [-0.4, -0.2) is 28.8 Å². The fourth-order valence-corrected chi connectivity index (χ4v) is 2.34. The van der Waals surface area contributed by atoms with Gasteiger partial charge in [0.05, 0.1) is 25.9 Å². The van der Waals surface area contributed by atoms with Gasteiger partial charge in [0.1, 0.15) is 0 Å². The Morgan fingerprint density at radius 1 is 0.962 bits per heavy atom. The summed E-state index contributed by atoms with van der Waals surface area (Å²) < 4.78 is 11.7. The van der Waals surface area contributed by atoms with Crippen molar-refractivity contribution in [3.05, 3.63) is 82.2 Å². The Labute approximate surface area is 152 Å². The number of ether oxygens (including phenoxy) is 2. The number of rotatable bonds is 11. The van der Waals surface area contributed by atoms with Crippen LogP contribution in [0.4, 0.5) is 0 Å². The molecule has 138 valence electrons. The maximum Gasteiger partial charge on any atom is 0.250 e. The predicted molar refractivity (Wildman–Crippen MR) is 96.7 cm³/mol. The summed E-state index contributed by atoms with van der Waals surface area (Å²) in [5.41, 5.74) is 10.8. The summed E-state index contributed by atoms with van der Waals surface area (Å²) in [6.45, 7) is -0.0164. The van der Waals surface area contributed by atoms with Crippen molar-refractivity contribution >= 4 is 0 Å². The molecule has 1 unspecified atom stereocenters. The summed E-state index contributed by atoms with van der Waals surface area (Å²) in [5.74, 6) is -1.57. The maximum atomic E-state index is 9.66. The number of azide groups is 1. The molecule has 0 saturated carbocycles. The molecule has 0 aliphatic heterocycles. The van der Waals surface area contributed by atoms with Crippen molar-refractivity contribution in [3.8, 4) is 0 Å². The van der Waals surface area contributed by atoms with Gasteiger partial charge < -0.3 is 19.7 Å². The Bertz CT molecular complexity index is 647. The molecule has 7 heteroatoms. The molecule has 0 spiro atoms. The molecular weight excluding hydrogens is 334 g/mol. The first-order chi connectivity index (χ1) is 12.7. The summed E-state index contributed by atoms with van der Waals surface area (Å²) in [7, 11) is 0. The molecule has 0 amide bonds. The summed E-state index contributed by atoms with van der Waals surface area (Å²) in [5, 5.41) is 22.4. The molecule has 0 aliphatic carbocycles. The van der Waals surface area contributed by atoms with E-state index in [1.165, 1.54) is 0 Å². The van der Waals surface area contributed by atoms with Gasteiger partial charge in [-0.05, 0) is 28.2 Å². The van der Waals surface area contributed by atoms with Crippen molar-refractivity contribution in [2.24, 2.45) is 5.11 Å². The molecule has 26 heavy (non-hydrogen) atoms. The van der Waals surface area contributed by atoms with E-state index in [-0.39, 0.29) is 32.7 Å². The van der Waals surface area contributed by atoms with E-state index in [0.29, 0.717) is 0 Å². The van der Waals surface area contributed by atoms with Gasteiger partial charge in [-0.2, -0.15) is 0 Å². The zero-order chi connectivity index (χ0) is 18.7. The maximum absolute atomic E-state index is 9.66. The van der Waals surface area contributed by atoms with Gasteiger partial charge >= 0.3 is 0 Å². The highest BCUT2D eigenvalue weighted by atomic mass is 16.7. The lowest BCUT2D eigenvalue weighted by Crippen LogP contribution is -2.35. The largest absolute Gasteiger partial charge is 0.394 e. The molecule has 0 fully saturated rings. The van der Waals surface area contributed by atoms with Crippen molar-refractivity contribution < 1.29 is 19.7 Å². The molecule has 2 rings (SSSR count). The van der Waals surface area contributed by atoms with Crippen LogP contribution in [0.1, 0.15) is 24.0 Å². The number of nitrogens with zero attached hydrogens (tertiary/aromatic N) is 3. The minimum absolute atomic E-state index is 0.110. The van der Waals surface area contributed by atoms with Crippen LogP contribution in [0.15, 0.2) is 65.8 Å². The predicted octanol–water partition coefficient (Wildman–Crippen LogP) is 3.52. The van der Waals surface area contributed by atoms with E-state index < -0.39 is 12.0 Å². The third-order valence-corrected chi connectivity index (χ3v) is 3.82. The van der Waals surface area contributed by atoms with Crippen LogP contribution >= 0.6 is 0 Å². The molecule has 0 aromatic heterocycles. The van der Waals surface area contributed by atoms with Crippen LogP contribution in [-0.2, 0) is 22.7 Å². The number of aliphatic hydroxyl groups excluding tert-OH is 2. The summed E-state index contributed by atoms with van der Waals surface area (Å²) in [4.78, 5) is 2.87. The first-order valence-electron chi connectivity index (χ1n) is 8.38. The van der Waals surface area contributed by atoms with Gasteiger partial charge in [0.15, 0.2) is 0 Å². The molecule has 0 saturated heterocycles. The van der Waals surface area contributed by atoms with E-state index in [1.807, 2.05) is 60.7 Å². The molecule has 2 N–H and O–H groups in total. The topological polar surface area (TPSA) is 108 Å². The second-order valence-corrected chi connectivity index (χ2v) is 5.83. The molecule has 2 aromatic rings. The van der Waals surface area contributed by atoms with E-state index in [9.17, 15) is 5.11 Å². The van der Waals surface area contributed by atoms with Crippen LogP contribution in [0, 0.1) is 0 Å². The second kappa shape index (κ2) is 10.6. The fourth-order valence-electron chi connectivity index (χ4n) is 2.34. The van der Waals surface area contributed by atoms with E-state index in [4.69, 9.17) is 20.1 Å². The van der Waals surface area contributed by atoms with Crippen molar-refractivity contribution in [1.82, 2.24) is 0 Å². The van der Waals surface area contributed by atoms with Crippen LogP contribution in [0.25, 0.3) is 10.4 Å². The normalized spacial score (nSPS) is 12.4. The van der Waals surface area contributed by atoms with E-state index >= 15 is 0 Å². The summed E-state index contributed by atoms with van der Waals surface area (Å²) in [6.07, 6.45) is -0.665. The molecule has 1 atom stereocenters. The van der Waals surface area contributed by atoms with Gasteiger partial charge in [0, 0.05) is 11.3 Å². The Morgan fingerprint density at radius 2 is 1.46 bits per heavy atom. The van der Waals surface area contributed by atoms with E-state index in [2.05, 4.69) is 10.0 Å². The molecule has 0 bridgehead atoms. The van der Waals surface area contributed by atoms with Crippen molar-refractivity contribution in [3.63, 3.8) is 0 Å². The van der Waals surface area contributed by atoms with Crippen molar-refractivity contribution in [2.45, 2.75) is 38.1 Å². The highest BCUT2D eigenvalue weighted by molar-refractivity contribution is 5.14. The molecule has 2 aromatic carbocycles. The van der Waals surface area contributed by atoms with Gasteiger partial charge in [-0.25, -0.2) is 0 Å².